The average molecular weight is 460 g/mol. The Morgan fingerprint density at radius 1 is 1.00 bits per heavy atom. The minimum atomic E-state index is -0.485. The molecule has 3 aromatic rings. The van der Waals surface area contributed by atoms with Gasteiger partial charge in [0.05, 0.1) is 23.4 Å². The summed E-state index contributed by atoms with van der Waals surface area (Å²) >= 11 is 0. The molecule has 34 heavy (non-hydrogen) atoms. The smallest absolute Gasteiger partial charge is 0.358 e. The Bertz CT molecular complexity index is 1260. The molecule has 1 aliphatic rings. The van der Waals surface area contributed by atoms with Crippen molar-refractivity contribution in [3.05, 3.63) is 77.1 Å². The minimum Gasteiger partial charge on any atom is -0.461 e. The van der Waals surface area contributed by atoms with Crippen LogP contribution in [0.15, 0.2) is 54.7 Å². The maximum atomic E-state index is 12.5. The molecule has 0 saturated carbocycles. The van der Waals surface area contributed by atoms with E-state index in [1.165, 1.54) is 4.90 Å². The van der Waals surface area contributed by atoms with Gasteiger partial charge in [-0.25, -0.2) is 9.48 Å². The van der Waals surface area contributed by atoms with Gasteiger partial charge in [0, 0.05) is 24.8 Å². The van der Waals surface area contributed by atoms with Gasteiger partial charge in [-0.15, -0.1) is 0 Å². The third kappa shape index (κ3) is 4.73. The highest BCUT2D eigenvalue weighted by molar-refractivity contribution is 6.21. The van der Waals surface area contributed by atoms with E-state index in [4.69, 9.17) is 4.74 Å². The van der Waals surface area contributed by atoms with Crippen LogP contribution in [0.4, 0.5) is 5.69 Å². The first-order valence-corrected chi connectivity index (χ1v) is 11.0. The molecule has 3 amide bonds. The number of aromatic nitrogens is 2. The van der Waals surface area contributed by atoms with E-state index in [9.17, 15) is 19.2 Å². The zero-order valence-corrected chi connectivity index (χ0v) is 18.9. The fraction of sp³-hybridized carbons (Fsp3) is 0.240. The summed E-state index contributed by atoms with van der Waals surface area (Å²) in [4.78, 5) is 50.3. The number of fused-ring (bicyclic) bond motifs is 1. The van der Waals surface area contributed by atoms with Gasteiger partial charge in [-0.2, -0.15) is 5.10 Å². The number of esters is 1. The third-order valence-electron chi connectivity index (χ3n) is 5.40. The van der Waals surface area contributed by atoms with Crippen LogP contribution in [-0.2, 0) is 9.53 Å². The van der Waals surface area contributed by atoms with Gasteiger partial charge in [-0.1, -0.05) is 11.6 Å². The number of carbonyl (C=O) groups is 4. The molecule has 9 nitrogen and oxygen atoms in total. The van der Waals surface area contributed by atoms with Crippen LogP contribution < -0.4 is 5.32 Å². The van der Waals surface area contributed by atoms with Crippen LogP contribution in [0.1, 0.15) is 56.5 Å². The molecule has 0 aliphatic carbocycles. The maximum absolute atomic E-state index is 12.5. The SMILES string of the molecule is CCOC(=O)c1ccn(-c2ccc(NC(=O)CCCN3C(=O)c4ccc(C)cc4C3=O)cc2)n1. The third-order valence-corrected chi connectivity index (χ3v) is 5.40. The molecule has 1 aromatic heterocycles. The number of benzene rings is 2. The molecule has 0 atom stereocenters. The van der Waals surface area contributed by atoms with Gasteiger partial charge in [-0.05, 0) is 62.7 Å². The Morgan fingerprint density at radius 2 is 1.74 bits per heavy atom. The predicted octanol–water partition coefficient (Wildman–Crippen LogP) is 3.37. The number of aryl methyl sites for hydroxylation is 1. The number of rotatable bonds is 8. The number of imide groups is 1. The van der Waals surface area contributed by atoms with Crippen LogP contribution in [0.5, 0.6) is 0 Å². The van der Waals surface area contributed by atoms with Crippen LogP contribution >= 0.6 is 0 Å². The first kappa shape index (κ1) is 22.9. The Kier molecular flexibility index (Phi) is 6.53. The summed E-state index contributed by atoms with van der Waals surface area (Å²) < 4.78 is 6.48. The summed E-state index contributed by atoms with van der Waals surface area (Å²) in [5.41, 5.74) is 3.27. The van der Waals surface area contributed by atoms with Crippen LogP contribution in [0.25, 0.3) is 5.69 Å². The number of nitrogens with one attached hydrogen (secondary N) is 1. The number of anilines is 1. The molecule has 0 saturated heterocycles. The molecular formula is C25H24N4O5. The summed E-state index contributed by atoms with van der Waals surface area (Å²) in [6.07, 6.45) is 2.18. The molecule has 0 unspecified atom stereocenters. The van der Waals surface area contributed by atoms with E-state index in [1.54, 1.807) is 66.3 Å². The first-order valence-electron chi connectivity index (χ1n) is 11.0. The highest BCUT2D eigenvalue weighted by Gasteiger charge is 2.34. The quantitative estimate of drug-likeness (QED) is 0.408. The van der Waals surface area contributed by atoms with Crippen molar-refractivity contribution in [3.8, 4) is 5.69 Å². The Labute approximate surface area is 196 Å². The zero-order chi connectivity index (χ0) is 24.2. The van der Waals surface area contributed by atoms with Crippen LogP contribution in [0.2, 0.25) is 0 Å². The zero-order valence-electron chi connectivity index (χ0n) is 18.9. The number of nitrogens with zero attached hydrogens (tertiary/aromatic N) is 3. The number of hydrogen-bond donors (Lipinski definition) is 1. The lowest BCUT2D eigenvalue weighted by Gasteiger charge is -2.13. The lowest BCUT2D eigenvalue weighted by molar-refractivity contribution is -0.116. The maximum Gasteiger partial charge on any atom is 0.358 e. The fourth-order valence-electron chi connectivity index (χ4n) is 3.71. The number of ether oxygens (including phenoxy) is 1. The first-order chi connectivity index (χ1) is 16.4. The van der Waals surface area contributed by atoms with Gasteiger partial charge >= 0.3 is 5.97 Å². The van der Waals surface area contributed by atoms with E-state index in [1.807, 2.05) is 6.92 Å². The second-order valence-electron chi connectivity index (χ2n) is 7.88. The van der Waals surface area contributed by atoms with Gasteiger partial charge in [0.25, 0.3) is 11.8 Å². The van der Waals surface area contributed by atoms with Crippen LogP contribution in [0, 0.1) is 6.92 Å². The summed E-state index contributed by atoms with van der Waals surface area (Å²) in [6, 6.07) is 13.7. The molecule has 2 aromatic carbocycles. The normalized spacial score (nSPS) is 12.6. The topological polar surface area (TPSA) is 111 Å². The molecule has 0 radical (unpaired) electrons. The molecule has 1 aliphatic heterocycles. The van der Waals surface area contributed by atoms with E-state index < -0.39 is 5.97 Å². The lowest BCUT2D eigenvalue weighted by atomic mass is 10.1. The molecule has 4 rings (SSSR count). The molecule has 2 heterocycles. The predicted molar refractivity (Wildman–Crippen MR) is 124 cm³/mol. The van der Waals surface area contributed by atoms with Crippen molar-refractivity contribution in [2.75, 3.05) is 18.5 Å². The fourth-order valence-corrected chi connectivity index (χ4v) is 3.71. The molecule has 0 fully saturated rings. The second kappa shape index (κ2) is 9.70. The van der Waals surface area contributed by atoms with Crippen molar-refractivity contribution in [3.63, 3.8) is 0 Å². The monoisotopic (exact) mass is 460 g/mol. The van der Waals surface area contributed by atoms with Crippen molar-refractivity contribution >= 4 is 29.4 Å². The molecule has 174 valence electrons. The van der Waals surface area contributed by atoms with Crippen LogP contribution in [-0.4, -0.2) is 51.5 Å². The summed E-state index contributed by atoms with van der Waals surface area (Å²) in [5.74, 6) is -1.34. The van der Waals surface area contributed by atoms with Gasteiger partial charge in [0.2, 0.25) is 5.91 Å². The Morgan fingerprint density at radius 3 is 2.47 bits per heavy atom. The number of hydrogen-bond acceptors (Lipinski definition) is 6. The molecule has 0 spiro atoms. The largest absolute Gasteiger partial charge is 0.461 e. The summed E-state index contributed by atoms with van der Waals surface area (Å²) in [6.45, 7) is 4.05. The molecular weight excluding hydrogens is 436 g/mol. The van der Waals surface area contributed by atoms with E-state index in [2.05, 4.69) is 10.4 Å². The van der Waals surface area contributed by atoms with Gasteiger partial charge in [0.15, 0.2) is 5.69 Å². The van der Waals surface area contributed by atoms with E-state index in [-0.39, 0.29) is 43.0 Å². The Hall–Kier alpha value is -4.27. The van der Waals surface area contributed by atoms with E-state index in [0.29, 0.717) is 23.2 Å². The van der Waals surface area contributed by atoms with Crippen molar-refractivity contribution in [2.24, 2.45) is 0 Å². The van der Waals surface area contributed by atoms with Gasteiger partial charge in [0.1, 0.15) is 0 Å². The van der Waals surface area contributed by atoms with Gasteiger partial charge in [-0.3, -0.25) is 19.3 Å². The highest BCUT2D eigenvalue weighted by atomic mass is 16.5. The average Bonchev–Trinajstić information content (AvgIpc) is 3.40. The molecule has 0 bridgehead atoms. The minimum absolute atomic E-state index is 0.163. The number of amides is 3. The van der Waals surface area contributed by atoms with Crippen LogP contribution in [0.3, 0.4) is 0 Å². The van der Waals surface area contributed by atoms with Crippen molar-refractivity contribution in [1.82, 2.24) is 14.7 Å². The molecule has 9 heteroatoms. The Balaban J connectivity index is 1.28. The number of carbonyl (C=O) groups excluding carboxylic acids is 4. The van der Waals surface area contributed by atoms with Crippen molar-refractivity contribution < 1.29 is 23.9 Å². The summed E-state index contributed by atoms with van der Waals surface area (Å²) in [7, 11) is 0. The van der Waals surface area contributed by atoms with Crippen molar-refractivity contribution in [1.29, 1.82) is 0 Å². The van der Waals surface area contributed by atoms with E-state index >= 15 is 0 Å². The summed E-state index contributed by atoms with van der Waals surface area (Å²) in [5, 5.41) is 7.00. The second-order valence-corrected chi connectivity index (χ2v) is 7.88. The van der Waals surface area contributed by atoms with Crippen molar-refractivity contribution in [2.45, 2.75) is 26.7 Å². The lowest BCUT2D eigenvalue weighted by Crippen LogP contribution is -2.31. The highest BCUT2D eigenvalue weighted by Crippen LogP contribution is 2.24. The van der Waals surface area contributed by atoms with E-state index in [0.717, 1.165) is 11.3 Å². The standard InChI is InChI=1S/C25H24N4O5/c1-3-34-25(33)21-12-14-29(27-21)18-9-7-17(8-10-18)26-22(30)5-4-13-28-23(31)19-11-6-16(2)15-20(19)24(28)32/h6-12,14-15H,3-5,13H2,1-2H3,(H,26,30). The molecule has 1 N–H and O–H groups in total. The van der Waals surface area contributed by atoms with Gasteiger partial charge < -0.3 is 10.1 Å².